The lowest BCUT2D eigenvalue weighted by Crippen LogP contribution is -2.26. The molecule has 0 aliphatic carbocycles. The van der Waals surface area contributed by atoms with Crippen molar-refractivity contribution >= 4 is 0 Å². The standard InChI is InChI=1S/C18H30O2/c1-17(2,3)15(19)11-10-13-8-7-9-14(12-13)16(20)18(4,5)6/h7-9,12,15-16,19-20H,10-11H2,1-6H3. The van der Waals surface area contributed by atoms with Crippen LogP contribution in [0, 0.1) is 10.8 Å². The van der Waals surface area contributed by atoms with E-state index in [-0.39, 0.29) is 16.9 Å². The van der Waals surface area contributed by atoms with Gasteiger partial charge in [0, 0.05) is 0 Å². The molecule has 20 heavy (non-hydrogen) atoms. The first-order valence-electron chi connectivity index (χ1n) is 7.47. The molecule has 0 aliphatic rings. The topological polar surface area (TPSA) is 40.5 Å². The van der Waals surface area contributed by atoms with Gasteiger partial charge in [0.25, 0.3) is 0 Å². The fourth-order valence-electron chi connectivity index (χ4n) is 2.16. The molecular formula is C18H30O2. The molecule has 1 aromatic rings. The third-order valence-electron chi connectivity index (χ3n) is 3.79. The predicted octanol–water partition coefficient (Wildman–Crippen LogP) is 4.11. The molecule has 2 heteroatoms. The van der Waals surface area contributed by atoms with Gasteiger partial charge >= 0.3 is 0 Å². The van der Waals surface area contributed by atoms with Crippen LogP contribution in [0.15, 0.2) is 24.3 Å². The average Bonchev–Trinajstić information content (AvgIpc) is 2.33. The molecule has 0 radical (unpaired) electrons. The van der Waals surface area contributed by atoms with Crippen LogP contribution < -0.4 is 0 Å². The second-order valence-electron chi connectivity index (χ2n) is 7.93. The number of hydrogen-bond acceptors (Lipinski definition) is 2. The second kappa shape index (κ2) is 6.28. The van der Waals surface area contributed by atoms with Gasteiger partial charge in [0.1, 0.15) is 0 Å². The predicted molar refractivity (Wildman–Crippen MR) is 84.6 cm³/mol. The SMILES string of the molecule is CC(C)(C)C(O)CCc1cccc(C(O)C(C)(C)C)c1. The van der Waals surface area contributed by atoms with Crippen molar-refractivity contribution in [3.05, 3.63) is 35.4 Å². The number of aryl methyl sites for hydroxylation is 1. The van der Waals surface area contributed by atoms with Crippen LogP contribution in [0.1, 0.15) is 65.2 Å². The normalized spacial score (nSPS) is 16.0. The van der Waals surface area contributed by atoms with E-state index < -0.39 is 6.10 Å². The Morgan fingerprint density at radius 2 is 1.55 bits per heavy atom. The summed E-state index contributed by atoms with van der Waals surface area (Å²) in [5, 5.41) is 20.4. The van der Waals surface area contributed by atoms with Crippen molar-refractivity contribution in [2.75, 3.05) is 0 Å². The molecule has 2 N–H and O–H groups in total. The molecule has 0 aliphatic heterocycles. The van der Waals surface area contributed by atoms with Gasteiger partial charge in [-0.2, -0.15) is 0 Å². The van der Waals surface area contributed by atoms with Crippen LogP contribution in [0.5, 0.6) is 0 Å². The van der Waals surface area contributed by atoms with Gasteiger partial charge in [-0.05, 0) is 34.8 Å². The van der Waals surface area contributed by atoms with E-state index in [0.717, 1.165) is 18.4 Å². The van der Waals surface area contributed by atoms with Crippen molar-refractivity contribution in [1.82, 2.24) is 0 Å². The zero-order chi connectivity index (χ0) is 15.6. The summed E-state index contributed by atoms with van der Waals surface area (Å²) in [4.78, 5) is 0. The van der Waals surface area contributed by atoms with E-state index in [1.54, 1.807) is 0 Å². The van der Waals surface area contributed by atoms with Gasteiger partial charge in [-0.25, -0.2) is 0 Å². The maximum absolute atomic E-state index is 10.3. The van der Waals surface area contributed by atoms with Crippen molar-refractivity contribution in [1.29, 1.82) is 0 Å². The maximum atomic E-state index is 10.3. The van der Waals surface area contributed by atoms with Crippen LogP contribution >= 0.6 is 0 Å². The van der Waals surface area contributed by atoms with E-state index in [9.17, 15) is 10.2 Å². The molecule has 0 spiro atoms. The monoisotopic (exact) mass is 278 g/mol. The maximum Gasteiger partial charge on any atom is 0.0838 e. The van der Waals surface area contributed by atoms with Crippen LogP contribution in [0.3, 0.4) is 0 Å². The van der Waals surface area contributed by atoms with E-state index in [4.69, 9.17) is 0 Å². The Morgan fingerprint density at radius 3 is 2.05 bits per heavy atom. The Kier molecular flexibility index (Phi) is 5.39. The Hall–Kier alpha value is -0.860. The van der Waals surface area contributed by atoms with Crippen molar-refractivity contribution in [3.63, 3.8) is 0 Å². The number of rotatable bonds is 4. The lowest BCUT2D eigenvalue weighted by molar-refractivity contribution is 0.0557. The van der Waals surface area contributed by atoms with E-state index in [2.05, 4.69) is 32.9 Å². The number of aliphatic hydroxyl groups excluding tert-OH is 2. The molecule has 114 valence electrons. The van der Waals surface area contributed by atoms with Crippen LogP contribution in [0.2, 0.25) is 0 Å². The first kappa shape index (κ1) is 17.2. The fraction of sp³-hybridized carbons (Fsp3) is 0.667. The molecule has 2 atom stereocenters. The highest BCUT2D eigenvalue weighted by Gasteiger charge is 2.24. The summed E-state index contributed by atoms with van der Waals surface area (Å²) in [6.07, 6.45) is 0.815. The first-order valence-corrected chi connectivity index (χ1v) is 7.47. The zero-order valence-corrected chi connectivity index (χ0v) is 13.8. The summed E-state index contributed by atoms with van der Waals surface area (Å²) in [6, 6.07) is 8.09. The quantitative estimate of drug-likeness (QED) is 0.870. The summed E-state index contributed by atoms with van der Waals surface area (Å²) in [6.45, 7) is 12.3. The number of aliphatic hydroxyl groups is 2. The highest BCUT2D eigenvalue weighted by atomic mass is 16.3. The third-order valence-corrected chi connectivity index (χ3v) is 3.79. The van der Waals surface area contributed by atoms with E-state index in [1.807, 2.05) is 32.9 Å². The third kappa shape index (κ3) is 4.92. The van der Waals surface area contributed by atoms with Crippen LogP contribution in [-0.2, 0) is 6.42 Å². The van der Waals surface area contributed by atoms with Crippen molar-refractivity contribution in [3.8, 4) is 0 Å². The van der Waals surface area contributed by atoms with Gasteiger partial charge in [0.15, 0.2) is 0 Å². The molecule has 0 aromatic heterocycles. The van der Waals surface area contributed by atoms with Crippen molar-refractivity contribution in [2.45, 2.75) is 66.6 Å². The van der Waals surface area contributed by atoms with E-state index >= 15 is 0 Å². The fourth-order valence-corrected chi connectivity index (χ4v) is 2.16. The van der Waals surface area contributed by atoms with Crippen LogP contribution in [-0.4, -0.2) is 16.3 Å². The number of hydrogen-bond donors (Lipinski definition) is 2. The Morgan fingerprint density at radius 1 is 0.950 bits per heavy atom. The molecule has 2 unspecified atom stereocenters. The summed E-state index contributed by atoms with van der Waals surface area (Å²) in [7, 11) is 0. The minimum absolute atomic E-state index is 0.0808. The summed E-state index contributed by atoms with van der Waals surface area (Å²) in [5.41, 5.74) is 1.89. The molecule has 0 saturated carbocycles. The minimum atomic E-state index is -0.463. The first-order chi connectivity index (χ1) is 9.01. The van der Waals surface area contributed by atoms with Crippen molar-refractivity contribution < 1.29 is 10.2 Å². The molecule has 1 rings (SSSR count). The van der Waals surface area contributed by atoms with E-state index in [1.165, 1.54) is 5.56 Å². The molecule has 2 nitrogen and oxygen atoms in total. The summed E-state index contributed by atoms with van der Waals surface area (Å²) in [5.74, 6) is 0. The minimum Gasteiger partial charge on any atom is -0.393 e. The molecule has 0 fully saturated rings. The van der Waals surface area contributed by atoms with Gasteiger partial charge in [0.2, 0.25) is 0 Å². The van der Waals surface area contributed by atoms with Crippen LogP contribution in [0.25, 0.3) is 0 Å². The van der Waals surface area contributed by atoms with Gasteiger partial charge in [0.05, 0.1) is 12.2 Å². The Bertz CT molecular complexity index is 424. The van der Waals surface area contributed by atoms with E-state index in [0.29, 0.717) is 0 Å². The summed E-state index contributed by atoms with van der Waals surface area (Å²) >= 11 is 0. The highest BCUT2D eigenvalue weighted by molar-refractivity contribution is 5.26. The van der Waals surface area contributed by atoms with Crippen LogP contribution in [0.4, 0.5) is 0 Å². The molecule has 0 amide bonds. The highest BCUT2D eigenvalue weighted by Crippen LogP contribution is 2.33. The molecule has 0 heterocycles. The zero-order valence-electron chi connectivity index (χ0n) is 13.8. The lowest BCUT2D eigenvalue weighted by Gasteiger charge is -2.27. The molecule has 0 saturated heterocycles. The Balaban J connectivity index is 2.75. The second-order valence-corrected chi connectivity index (χ2v) is 7.93. The van der Waals surface area contributed by atoms with Gasteiger partial charge in [-0.15, -0.1) is 0 Å². The Labute approximate surface area is 123 Å². The molecular weight excluding hydrogens is 248 g/mol. The lowest BCUT2D eigenvalue weighted by atomic mass is 9.83. The van der Waals surface area contributed by atoms with Gasteiger partial charge in [-0.3, -0.25) is 0 Å². The van der Waals surface area contributed by atoms with Gasteiger partial charge < -0.3 is 10.2 Å². The molecule has 0 bridgehead atoms. The number of benzene rings is 1. The van der Waals surface area contributed by atoms with Crippen molar-refractivity contribution in [2.24, 2.45) is 10.8 Å². The summed E-state index contributed by atoms with van der Waals surface area (Å²) < 4.78 is 0. The largest absolute Gasteiger partial charge is 0.393 e. The smallest absolute Gasteiger partial charge is 0.0838 e. The average molecular weight is 278 g/mol. The van der Waals surface area contributed by atoms with Gasteiger partial charge in [-0.1, -0.05) is 65.8 Å². The molecule has 1 aromatic carbocycles.